The Kier molecular flexibility index (Phi) is 6.49. The fourth-order valence-corrected chi connectivity index (χ4v) is 4.10. The van der Waals surface area contributed by atoms with Crippen LogP contribution in [-0.4, -0.2) is 35.0 Å². The molecule has 7 nitrogen and oxygen atoms in total. The molecule has 4 N–H and O–H groups in total. The summed E-state index contributed by atoms with van der Waals surface area (Å²) in [6.07, 6.45) is -1.06. The lowest BCUT2D eigenvalue weighted by atomic mass is 10.1. The van der Waals surface area contributed by atoms with Crippen molar-refractivity contribution in [2.24, 2.45) is 0 Å². The monoisotopic (exact) mass is 456 g/mol. The molecule has 2 aromatic rings. The molecular formula is C20H24ClF3N6O. The number of hydrogen-bond donors (Lipinski definition) is 3. The Balaban J connectivity index is 0.00000272. The summed E-state index contributed by atoms with van der Waals surface area (Å²) in [4.78, 5) is 22.6. The molecule has 0 radical (unpaired) electrons. The number of aryl methyl sites for hydroxylation is 1. The molecule has 1 aromatic carbocycles. The number of nitrogen functional groups attached to an aromatic ring is 1. The van der Waals surface area contributed by atoms with Crippen LogP contribution in [0.1, 0.15) is 36.6 Å². The summed E-state index contributed by atoms with van der Waals surface area (Å²) in [5.41, 5.74) is 7.01. The fraction of sp³-hybridized carbons (Fsp3) is 0.450. The minimum atomic E-state index is -4.50. The Hall–Kier alpha value is -2.75. The van der Waals surface area contributed by atoms with Gasteiger partial charge in [-0.05, 0) is 43.9 Å². The number of halogens is 4. The van der Waals surface area contributed by atoms with Gasteiger partial charge in [-0.1, -0.05) is 0 Å². The molecule has 1 fully saturated rings. The van der Waals surface area contributed by atoms with E-state index in [1.165, 1.54) is 13.0 Å². The van der Waals surface area contributed by atoms with Gasteiger partial charge in [0.25, 0.3) is 0 Å². The molecule has 1 atom stereocenters. The van der Waals surface area contributed by atoms with Gasteiger partial charge in [-0.25, -0.2) is 4.98 Å². The average molecular weight is 457 g/mol. The second-order valence-corrected chi connectivity index (χ2v) is 7.75. The van der Waals surface area contributed by atoms with E-state index in [0.717, 1.165) is 61.4 Å². The van der Waals surface area contributed by atoms with Crippen molar-refractivity contribution in [2.75, 3.05) is 29.0 Å². The van der Waals surface area contributed by atoms with Crippen molar-refractivity contribution in [3.63, 3.8) is 0 Å². The number of benzene rings is 1. The summed E-state index contributed by atoms with van der Waals surface area (Å²) in [6, 6.07) is 3.37. The number of hydrogen-bond acceptors (Lipinski definition) is 6. The molecule has 168 valence electrons. The van der Waals surface area contributed by atoms with Crippen LogP contribution in [0.25, 0.3) is 0 Å². The lowest BCUT2D eigenvalue weighted by Crippen LogP contribution is -2.36. The first-order valence-corrected chi connectivity index (χ1v) is 9.85. The second-order valence-electron chi connectivity index (χ2n) is 7.75. The highest BCUT2D eigenvalue weighted by atomic mass is 35.5. The van der Waals surface area contributed by atoms with Gasteiger partial charge >= 0.3 is 6.18 Å². The largest absolute Gasteiger partial charge is 0.416 e. The molecule has 11 heteroatoms. The van der Waals surface area contributed by atoms with Gasteiger partial charge in [0.1, 0.15) is 5.82 Å². The van der Waals surface area contributed by atoms with Gasteiger partial charge in [0.2, 0.25) is 11.9 Å². The predicted octanol–water partition coefficient (Wildman–Crippen LogP) is 3.45. The summed E-state index contributed by atoms with van der Waals surface area (Å²) < 4.78 is 39.3. The molecule has 2 heterocycles. The number of aromatic nitrogens is 2. The number of nitrogens with two attached hydrogens (primary N) is 1. The van der Waals surface area contributed by atoms with Gasteiger partial charge in [0.05, 0.1) is 11.3 Å². The topological polar surface area (TPSA) is 96.2 Å². The Morgan fingerprint density at radius 1 is 1.23 bits per heavy atom. The van der Waals surface area contributed by atoms with Gasteiger partial charge in [-0.15, -0.1) is 12.4 Å². The van der Waals surface area contributed by atoms with Crippen molar-refractivity contribution < 1.29 is 18.0 Å². The van der Waals surface area contributed by atoms with E-state index in [4.69, 9.17) is 5.73 Å². The maximum absolute atomic E-state index is 13.1. The van der Waals surface area contributed by atoms with E-state index in [1.54, 1.807) is 0 Å². The van der Waals surface area contributed by atoms with Gasteiger partial charge in [0.15, 0.2) is 0 Å². The SMILES string of the molecule is CC(=O)N[C@H]1CCN(c2nc(Nc3cc(N)cc(C(F)(F)F)c3)nc3c2CCC3)C1.Cl. The third-order valence-electron chi connectivity index (χ3n) is 5.35. The predicted molar refractivity (Wildman–Crippen MR) is 115 cm³/mol. The Morgan fingerprint density at radius 3 is 2.71 bits per heavy atom. The molecular weight excluding hydrogens is 433 g/mol. The second kappa shape index (κ2) is 8.78. The molecule has 1 aliphatic carbocycles. The zero-order chi connectivity index (χ0) is 21.5. The molecule has 4 rings (SSSR count). The highest BCUT2D eigenvalue weighted by molar-refractivity contribution is 5.85. The van der Waals surface area contributed by atoms with Gasteiger partial charge in [-0.2, -0.15) is 18.2 Å². The third kappa shape index (κ3) is 5.12. The summed E-state index contributed by atoms with van der Waals surface area (Å²) in [5.74, 6) is 0.958. The van der Waals surface area contributed by atoms with Crippen LogP contribution in [0.15, 0.2) is 18.2 Å². The summed E-state index contributed by atoms with van der Waals surface area (Å²) in [7, 11) is 0. The van der Waals surface area contributed by atoms with Crippen molar-refractivity contribution in [3.8, 4) is 0 Å². The van der Waals surface area contributed by atoms with Crippen molar-refractivity contribution in [1.29, 1.82) is 0 Å². The fourth-order valence-electron chi connectivity index (χ4n) is 4.10. The van der Waals surface area contributed by atoms with Crippen molar-refractivity contribution in [1.82, 2.24) is 15.3 Å². The number of anilines is 4. The minimum absolute atomic E-state index is 0. The smallest absolute Gasteiger partial charge is 0.399 e. The Labute approximate surface area is 184 Å². The first-order valence-electron chi connectivity index (χ1n) is 9.85. The zero-order valence-corrected chi connectivity index (χ0v) is 17.7. The standard InChI is InChI=1S/C20H23F3N6O.ClH/c1-11(30)25-14-5-6-29(10-14)18-16-3-2-4-17(16)27-19(28-18)26-15-8-12(20(21,22)23)7-13(24)9-15;/h7-9,14H,2-6,10,24H2,1H3,(H,25,30)(H,26,27,28);1H/t14-;/m0./s1. The van der Waals surface area contributed by atoms with Gasteiger partial charge in [0, 0.05) is 43.0 Å². The summed E-state index contributed by atoms with van der Waals surface area (Å²) >= 11 is 0. The van der Waals surface area contributed by atoms with E-state index in [-0.39, 0.29) is 41.7 Å². The lowest BCUT2D eigenvalue weighted by molar-refractivity contribution is -0.137. The van der Waals surface area contributed by atoms with Crippen LogP contribution in [-0.2, 0) is 23.8 Å². The molecule has 1 aliphatic heterocycles. The normalized spacial score (nSPS) is 17.8. The van der Waals surface area contributed by atoms with Crippen LogP contribution in [0.4, 0.5) is 36.3 Å². The molecule has 0 unspecified atom stereocenters. The highest BCUT2D eigenvalue weighted by Crippen LogP contribution is 2.35. The maximum Gasteiger partial charge on any atom is 0.416 e. The van der Waals surface area contributed by atoms with Crippen LogP contribution >= 0.6 is 12.4 Å². The van der Waals surface area contributed by atoms with Crippen LogP contribution in [0, 0.1) is 0 Å². The van der Waals surface area contributed by atoms with E-state index in [1.807, 2.05) is 0 Å². The number of amides is 1. The van der Waals surface area contributed by atoms with E-state index in [9.17, 15) is 18.0 Å². The van der Waals surface area contributed by atoms with Crippen LogP contribution in [0.3, 0.4) is 0 Å². The molecule has 2 aliphatic rings. The number of alkyl halides is 3. The number of nitrogens with one attached hydrogen (secondary N) is 2. The van der Waals surface area contributed by atoms with Crippen molar-refractivity contribution in [3.05, 3.63) is 35.0 Å². The van der Waals surface area contributed by atoms with E-state index in [2.05, 4.69) is 25.5 Å². The first-order chi connectivity index (χ1) is 14.2. The molecule has 1 amide bonds. The third-order valence-corrected chi connectivity index (χ3v) is 5.35. The van der Waals surface area contributed by atoms with Crippen LogP contribution < -0.4 is 21.3 Å². The minimum Gasteiger partial charge on any atom is -0.399 e. The Bertz CT molecular complexity index is 984. The first kappa shape index (κ1) is 22.9. The van der Waals surface area contributed by atoms with Gasteiger partial charge in [-0.3, -0.25) is 4.79 Å². The number of rotatable bonds is 4. The molecule has 0 spiro atoms. The Morgan fingerprint density at radius 2 is 2.00 bits per heavy atom. The summed E-state index contributed by atoms with van der Waals surface area (Å²) in [6.45, 7) is 2.87. The molecule has 1 aromatic heterocycles. The van der Waals surface area contributed by atoms with Crippen LogP contribution in [0.5, 0.6) is 0 Å². The lowest BCUT2D eigenvalue weighted by Gasteiger charge is -2.22. The van der Waals surface area contributed by atoms with Gasteiger partial charge < -0.3 is 21.3 Å². The molecule has 0 saturated carbocycles. The number of carbonyl (C=O) groups is 1. The molecule has 1 saturated heterocycles. The van der Waals surface area contributed by atoms with E-state index in [0.29, 0.717) is 6.54 Å². The number of nitrogens with zero attached hydrogens (tertiary/aromatic N) is 3. The molecule has 0 bridgehead atoms. The van der Waals surface area contributed by atoms with Crippen molar-refractivity contribution in [2.45, 2.75) is 44.8 Å². The average Bonchev–Trinajstić information content (AvgIpc) is 3.28. The summed E-state index contributed by atoms with van der Waals surface area (Å²) in [5, 5.41) is 5.83. The van der Waals surface area contributed by atoms with Crippen LogP contribution in [0.2, 0.25) is 0 Å². The number of carbonyl (C=O) groups excluding carboxylic acids is 1. The maximum atomic E-state index is 13.1. The number of fused-ring (bicyclic) bond motifs is 1. The highest BCUT2D eigenvalue weighted by Gasteiger charge is 2.32. The zero-order valence-electron chi connectivity index (χ0n) is 16.9. The molecule has 31 heavy (non-hydrogen) atoms. The van der Waals surface area contributed by atoms with Crippen molar-refractivity contribution >= 4 is 41.5 Å². The quantitative estimate of drug-likeness (QED) is 0.610. The van der Waals surface area contributed by atoms with E-state index >= 15 is 0 Å². The van der Waals surface area contributed by atoms with E-state index < -0.39 is 11.7 Å².